The van der Waals surface area contributed by atoms with E-state index in [1.165, 1.54) is 0 Å². The third kappa shape index (κ3) is 6.52. The number of nitrogens with zero attached hydrogens (tertiary/aromatic N) is 2. The van der Waals surface area contributed by atoms with E-state index >= 15 is 0 Å². The van der Waals surface area contributed by atoms with Gasteiger partial charge in [-0.3, -0.25) is 4.79 Å². The van der Waals surface area contributed by atoms with Gasteiger partial charge in [0.25, 0.3) is 0 Å². The van der Waals surface area contributed by atoms with Crippen molar-refractivity contribution >= 4 is 52.3 Å². The minimum Gasteiger partial charge on any atom is -0.487 e. The van der Waals surface area contributed by atoms with Crippen LogP contribution in [0.1, 0.15) is 29.7 Å². The molecule has 204 valence electrons. The van der Waals surface area contributed by atoms with E-state index in [2.05, 4.69) is 4.98 Å². The number of aromatic nitrogens is 1. The SMILES string of the molecule is O=C(O)CCCN1CC(C(=O)O)Oc2c(C=Cc3ccc(OCc4ccc5ccc(Cl)cc5n4)cc3)cccc21. The Labute approximate surface area is 236 Å². The van der Waals surface area contributed by atoms with Crippen LogP contribution in [0, 0.1) is 0 Å². The quantitative estimate of drug-likeness (QED) is 0.223. The Balaban J connectivity index is 1.27. The van der Waals surface area contributed by atoms with Crippen LogP contribution in [0.2, 0.25) is 5.02 Å². The normalized spacial score (nSPS) is 14.6. The van der Waals surface area contributed by atoms with Crippen LogP contribution in [-0.2, 0) is 16.2 Å². The summed E-state index contributed by atoms with van der Waals surface area (Å²) >= 11 is 6.08. The molecule has 0 bridgehead atoms. The number of benzene rings is 3. The van der Waals surface area contributed by atoms with Gasteiger partial charge in [0.05, 0.1) is 23.4 Å². The standard InChI is InChI=1S/C31H27ClN2O6/c32-23-12-10-21-11-13-24(33-26(21)17-23)19-39-25-14-7-20(8-15-25)6-9-22-3-1-4-27-30(22)40-28(31(37)38)18-34(27)16-2-5-29(35)36/h1,3-4,6-15,17,28H,2,5,16,18-19H2,(H,35,36)(H,37,38). The smallest absolute Gasteiger partial charge is 0.346 e. The molecule has 0 radical (unpaired) electrons. The molecule has 2 heterocycles. The molecule has 1 aliphatic heterocycles. The van der Waals surface area contributed by atoms with Crippen LogP contribution < -0.4 is 14.4 Å². The van der Waals surface area contributed by atoms with E-state index < -0.39 is 18.0 Å². The molecule has 0 saturated carbocycles. The summed E-state index contributed by atoms with van der Waals surface area (Å²) < 4.78 is 11.8. The van der Waals surface area contributed by atoms with Crippen LogP contribution in [0.4, 0.5) is 5.69 Å². The molecule has 2 N–H and O–H groups in total. The summed E-state index contributed by atoms with van der Waals surface area (Å²) in [7, 11) is 0. The number of hydrogen-bond acceptors (Lipinski definition) is 6. The molecule has 1 atom stereocenters. The van der Waals surface area contributed by atoms with Crippen molar-refractivity contribution in [2.45, 2.75) is 25.6 Å². The highest BCUT2D eigenvalue weighted by Crippen LogP contribution is 2.38. The van der Waals surface area contributed by atoms with Crippen LogP contribution in [-0.4, -0.2) is 46.3 Å². The summed E-state index contributed by atoms with van der Waals surface area (Å²) in [5.74, 6) is -0.776. The van der Waals surface area contributed by atoms with E-state index in [0.717, 1.165) is 33.4 Å². The molecule has 4 aromatic rings. The van der Waals surface area contributed by atoms with Gasteiger partial charge in [-0.1, -0.05) is 60.2 Å². The van der Waals surface area contributed by atoms with E-state index in [0.29, 0.717) is 36.1 Å². The molecule has 1 aliphatic rings. The van der Waals surface area contributed by atoms with Gasteiger partial charge in [0.1, 0.15) is 12.4 Å². The lowest BCUT2D eigenvalue weighted by atomic mass is 10.1. The van der Waals surface area contributed by atoms with Crippen LogP contribution >= 0.6 is 11.6 Å². The number of carbonyl (C=O) groups is 2. The first-order valence-corrected chi connectivity index (χ1v) is 13.2. The largest absolute Gasteiger partial charge is 0.487 e. The van der Waals surface area contributed by atoms with Crippen LogP contribution in [0.15, 0.2) is 72.8 Å². The lowest BCUT2D eigenvalue weighted by molar-refractivity contribution is -0.145. The van der Waals surface area contributed by atoms with Crippen LogP contribution in [0.5, 0.6) is 11.5 Å². The number of fused-ring (bicyclic) bond motifs is 2. The summed E-state index contributed by atoms with van der Waals surface area (Å²) in [6.07, 6.45) is 3.16. The number of para-hydroxylation sites is 1. The number of aliphatic carboxylic acids is 2. The molecule has 0 spiro atoms. The molecule has 0 fully saturated rings. The predicted molar refractivity (Wildman–Crippen MR) is 154 cm³/mol. The Kier molecular flexibility index (Phi) is 8.17. The number of carboxylic acid groups (broad SMARTS) is 2. The molecule has 1 aromatic heterocycles. The lowest BCUT2D eigenvalue weighted by Crippen LogP contribution is -2.45. The number of ether oxygens (including phenoxy) is 2. The Hall–Kier alpha value is -4.56. The molecule has 0 amide bonds. The highest BCUT2D eigenvalue weighted by Gasteiger charge is 2.31. The molecule has 0 aliphatic carbocycles. The zero-order chi connectivity index (χ0) is 28.1. The van der Waals surface area contributed by atoms with Gasteiger partial charge in [0, 0.05) is 28.9 Å². The third-order valence-corrected chi connectivity index (χ3v) is 6.77. The molecule has 0 saturated heterocycles. The molecule has 8 nitrogen and oxygen atoms in total. The van der Waals surface area contributed by atoms with Crippen molar-refractivity contribution in [1.29, 1.82) is 0 Å². The van der Waals surface area contributed by atoms with E-state index in [9.17, 15) is 14.7 Å². The maximum atomic E-state index is 11.7. The van der Waals surface area contributed by atoms with Gasteiger partial charge in [0.2, 0.25) is 6.10 Å². The second-order valence-electron chi connectivity index (χ2n) is 9.41. The monoisotopic (exact) mass is 558 g/mol. The fourth-order valence-electron chi connectivity index (χ4n) is 4.52. The minimum absolute atomic E-state index is 0.0113. The number of anilines is 1. The second kappa shape index (κ2) is 12.1. The first-order valence-electron chi connectivity index (χ1n) is 12.8. The third-order valence-electron chi connectivity index (χ3n) is 6.54. The van der Waals surface area contributed by atoms with Crippen molar-refractivity contribution in [1.82, 2.24) is 4.98 Å². The fraction of sp³-hybridized carbons (Fsp3) is 0.194. The molecule has 1 unspecified atom stereocenters. The first kappa shape index (κ1) is 27.0. The summed E-state index contributed by atoms with van der Waals surface area (Å²) in [4.78, 5) is 29.2. The van der Waals surface area contributed by atoms with E-state index in [1.54, 1.807) is 0 Å². The zero-order valence-electron chi connectivity index (χ0n) is 21.5. The number of pyridine rings is 1. The molecule has 5 rings (SSSR count). The summed E-state index contributed by atoms with van der Waals surface area (Å²) in [5.41, 5.74) is 4.02. The minimum atomic E-state index is -1.06. The Morgan fingerprint density at radius 2 is 1.85 bits per heavy atom. The van der Waals surface area contributed by atoms with Crippen molar-refractivity contribution in [2.75, 3.05) is 18.0 Å². The van der Waals surface area contributed by atoms with Gasteiger partial charge < -0.3 is 24.6 Å². The summed E-state index contributed by atoms with van der Waals surface area (Å²) in [6, 6.07) is 22.7. The van der Waals surface area contributed by atoms with Gasteiger partial charge in [0.15, 0.2) is 5.75 Å². The lowest BCUT2D eigenvalue weighted by Gasteiger charge is -2.35. The second-order valence-corrected chi connectivity index (χ2v) is 9.85. The van der Waals surface area contributed by atoms with Crippen molar-refractivity contribution < 1.29 is 29.3 Å². The van der Waals surface area contributed by atoms with E-state index in [1.807, 2.05) is 89.8 Å². The van der Waals surface area contributed by atoms with Crippen LogP contribution in [0.25, 0.3) is 23.1 Å². The summed E-state index contributed by atoms with van der Waals surface area (Å²) in [5, 5.41) is 20.2. The van der Waals surface area contributed by atoms with Crippen molar-refractivity contribution in [2.24, 2.45) is 0 Å². The molecule has 9 heteroatoms. The van der Waals surface area contributed by atoms with Crippen molar-refractivity contribution in [3.63, 3.8) is 0 Å². The molecule has 40 heavy (non-hydrogen) atoms. The maximum absolute atomic E-state index is 11.7. The number of rotatable bonds is 10. The van der Waals surface area contributed by atoms with Gasteiger partial charge >= 0.3 is 11.9 Å². The number of carboxylic acids is 2. The predicted octanol–water partition coefficient (Wildman–Crippen LogP) is 6.15. The van der Waals surface area contributed by atoms with Crippen LogP contribution in [0.3, 0.4) is 0 Å². The number of hydrogen-bond donors (Lipinski definition) is 2. The topological polar surface area (TPSA) is 109 Å². The Morgan fingerprint density at radius 3 is 2.62 bits per heavy atom. The Bertz CT molecular complexity index is 1570. The molecular formula is C31H27ClN2O6. The van der Waals surface area contributed by atoms with E-state index in [-0.39, 0.29) is 13.0 Å². The van der Waals surface area contributed by atoms with Gasteiger partial charge in [-0.2, -0.15) is 0 Å². The first-order chi connectivity index (χ1) is 19.4. The highest BCUT2D eigenvalue weighted by atomic mass is 35.5. The highest BCUT2D eigenvalue weighted by molar-refractivity contribution is 6.31. The number of halogens is 1. The van der Waals surface area contributed by atoms with Crippen molar-refractivity contribution in [3.8, 4) is 11.5 Å². The average Bonchev–Trinajstić information content (AvgIpc) is 2.95. The van der Waals surface area contributed by atoms with Gasteiger partial charge in [-0.15, -0.1) is 0 Å². The van der Waals surface area contributed by atoms with Gasteiger partial charge in [-0.05, 0) is 48.4 Å². The maximum Gasteiger partial charge on any atom is 0.346 e. The Morgan fingerprint density at radius 1 is 1.05 bits per heavy atom. The fourth-order valence-corrected chi connectivity index (χ4v) is 4.69. The molecular weight excluding hydrogens is 532 g/mol. The molecule has 3 aromatic carbocycles. The summed E-state index contributed by atoms with van der Waals surface area (Å²) in [6.45, 7) is 0.890. The van der Waals surface area contributed by atoms with Crippen molar-refractivity contribution in [3.05, 3.63) is 94.6 Å². The zero-order valence-corrected chi connectivity index (χ0v) is 22.3. The average molecular weight is 559 g/mol. The van der Waals surface area contributed by atoms with E-state index in [4.69, 9.17) is 26.2 Å². The van der Waals surface area contributed by atoms with Gasteiger partial charge in [-0.25, -0.2) is 9.78 Å².